The van der Waals surface area contributed by atoms with Gasteiger partial charge in [-0.3, -0.25) is 14.6 Å². The standard InChI is InChI=1S/C22H20ClN3O2/c23-18-9-2-1-6-16(18)12-13-20(27)24-14-5-11-21(28)26-19-10-3-7-17-8-4-15-25-22(17)19/h1-4,6-10,12-13,15H,5,11,14H2,(H,24,27)(H,26,28). The number of carbonyl (C=O) groups is 2. The molecule has 0 saturated heterocycles. The van der Waals surface area contributed by atoms with Gasteiger partial charge in [0.15, 0.2) is 0 Å². The number of anilines is 1. The zero-order valence-electron chi connectivity index (χ0n) is 15.2. The van der Waals surface area contributed by atoms with E-state index >= 15 is 0 Å². The molecule has 28 heavy (non-hydrogen) atoms. The Bertz CT molecular complexity index is 1010. The molecule has 0 unspecified atom stereocenters. The fraction of sp³-hybridized carbons (Fsp3) is 0.136. The van der Waals surface area contributed by atoms with Crippen molar-refractivity contribution < 1.29 is 9.59 Å². The SMILES string of the molecule is O=C(C=Cc1ccccc1Cl)NCCCC(=O)Nc1cccc2cccnc12. The van der Waals surface area contributed by atoms with E-state index in [2.05, 4.69) is 15.6 Å². The van der Waals surface area contributed by atoms with Gasteiger partial charge in [0.25, 0.3) is 0 Å². The lowest BCUT2D eigenvalue weighted by Gasteiger charge is -2.08. The molecule has 0 saturated carbocycles. The van der Waals surface area contributed by atoms with Crippen LogP contribution >= 0.6 is 11.6 Å². The van der Waals surface area contributed by atoms with E-state index in [-0.39, 0.29) is 11.8 Å². The van der Waals surface area contributed by atoms with Gasteiger partial charge in [0.2, 0.25) is 11.8 Å². The van der Waals surface area contributed by atoms with Gasteiger partial charge in [0.05, 0.1) is 11.2 Å². The molecule has 3 aromatic rings. The molecule has 2 aromatic carbocycles. The van der Waals surface area contributed by atoms with Crippen LogP contribution in [-0.4, -0.2) is 23.3 Å². The largest absolute Gasteiger partial charge is 0.353 e. The van der Waals surface area contributed by atoms with E-state index in [0.29, 0.717) is 30.1 Å². The van der Waals surface area contributed by atoms with Crippen molar-refractivity contribution in [1.29, 1.82) is 0 Å². The molecule has 0 atom stereocenters. The second kappa shape index (κ2) is 9.67. The quantitative estimate of drug-likeness (QED) is 0.460. The number of para-hydroxylation sites is 1. The lowest BCUT2D eigenvalue weighted by molar-refractivity contribution is -0.118. The van der Waals surface area contributed by atoms with Crippen molar-refractivity contribution in [1.82, 2.24) is 10.3 Å². The second-order valence-electron chi connectivity index (χ2n) is 6.18. The van der Waals surface area contributed by atoms with Crippen molar-refractivity contribution in [2.45, 2.75) is 12.8 Å². The van der Waals surface area contributed by atoms with Crippen molar-refractivity contribution in [2.24, 2.45) is 0 Å². The molecule has 1 heterocycles. The first-order chi connectivity index (χ1) is 13.6. The van der Waals surface area contributed by atoms with Gasteiger partial charge in [-0.1, -0.05) is 48.0 Å². The van der Waals surface area contributed by atoms with Gasteiger partial charge in [0.1, 0.15) is 0 Å². The van der Waals surface area contributed by atoms with E-state index in [1.165, 1.54) is 6.08 Å². The minimum absolute atomic E-state index is 0.112. The van der Waals surface area contributed by atoms with Gasteiger partial charge in [-0.15, -0.1) is 0 Å². The Kier molecular flexibility index (Phi) is 6.76. The fourth-order valence-electron chi connectivity index (χ4n) is 2.71. The highest BCUT2D eigenvalue weighted by molar-refractivity contribution is 6.32. The number of carbonyl (C=O) groups excluding carboxylic acids is 2. The highest BCUT2D eigenvalue weighted by atomic mass is 35.5. The van der Waals surface area contributed by atoms with Crippen molar-refractivity contribution >= 4 is 46.1 Å². The highest BCUT2D eigenvalue weighted by Crippen LogP contribution is 2.20. The monoisotopic (exact) mass is 393 g/mol. The Labute approximate surface area is 168 Å². The molecule has 142 valence electrons. The Balaban J connectivity index is 1.43. The molecule has 0 aliphatic heterocycles. The number of hydrogen-bond acceptors (Lipinski definition) is 3. The first kappa shape index (κ1) is 19.6. The van der Waals surface area contributed by atoms with Crippen LogP contribution in [0.15, 0.2) is 66.9 Å². The first-order valence-corrected chi connectivity index (χ1v) is 9.35. The maximum atomic E-state index is 12.2. The van der Waals surface area contributed by atoms with E-state index in [4.69, 9.17) is 11.6 Å². The molecule has 1 aromatic heterocycles. The summed E-state index contributed by atoms with van der Waals surface area (Å²) in [5.74, 6) is -0.336. The summed E-state index contributed by atoms with van der Waals surface area (Å²) in [6, 6.07) is 16.7. The van der Waals surface area contributed by atoms with Crippen molar-refractivity contribution in [3.05, 3.63) is 77.5 Å². The third-order valence-electron chi connectivity index (χ3n) is 4.11. The molecule has 6 heteroatoms. The number of nitrogens with one attached hydrogen (secondary N) is 2. The van der Waals surface area contributed by atoms with E-state index in [1.54, 1.807) is 18.3 Å². The molecule has 0 bridgehead atoms. The summed E-state index contributed by atoms with van der Waals surface area (Å²) in [4.78, 5) is 28.3. The summed E-state index contributed by atoms with van der Waals surface area (Å²) in [6.45, 7) is 0.410. The molecular weight excluding hydrogens is 374 g/mol. The third-order valence-corrected chi connectivity index (χ3v) is 4.45. The average Bonchev–Trinajstić information content (AvgIpc) is 2.71. The Morgan fingerprint density at radius 1 is 1.04 bits per heavy atom. The normalized spacial score (nSPS) is 10.9. The van der Waals surface area contributed by atoms with Gasteiger partial charge in [-0.2, -0.15) is 0 Å². The van der Waals surface area contributed by atoms with Crippen LogP contribution in [0.4, 0.5) is 5.69 Å². The molecule has 2 N–H and O–H groups in total. The molecular formula is C22H20ClN3O2. The molecule has 0 aliphatic carbocycles. The lowest BCUT2D eigenvalue weighted by atomic mass is 10.2. The van der Waals surface area contributed by atoms with E-state index in [1.807, 2.05) is 48.5 Å². The number of hydrogen-bond donors (Lipinski definition) is 2. The van der Waals surface area contributed by atoms with Crippen LogP contribution in [0.25, 0.3) is 17.0 Å². The van der Waals surface area contributed by atoms with Gasteiger partial charge in [0, 0.05) is 35.6 Å². The number of benzene rings is 2. The fourth-order valence-corrected chi connectivity index (χ4v) is 2.91. The number of aromatic nitrogens is 1. The van der Waals surface area contributed by atoms with Crippen LogP contribution < -0.4 is 10.6 Å². The summed E-state index contributed by atoms with van der Waals surface area (Å²) in [6.07, 6.45) is 5.64. The predicted molar refractivity (Wildman–Crippen MR) is 113 cm³/mol. The number of rotatable bonds is 7. The zero-order valence-corrected chi connectivity index (χ0v) is 15.9. The van der Waals surface area contributed by atoms with Gasteiger partial charge < -0.3 is 10.6 Å². The number of nitrogens with zero attached hydrogens (tertiary/aromatic N) is 1. The molecule has 0 radical (unpaired) electrons. The van der Waals surface area contributed by atoms with Crippen molar-refractivity contribution in [2.75, 3.05) is 11.9 Å². The van der Waals surface area contributed by atoms with E-state index < -0.39 is 0 Å². The van der Waals surface area contributed by atoms with Gasteiger partial charge in [-0.05, 0) is 36.3 Å². The number of amides is 2. The predicted octanol–water partition coefficient (Wildman–Crippen LogP) is 4.44. The maximum Gasteiger partial charge on any atom is 0.244 e. The Morgan fingerprint density at radius 2 is 1.86 bits per heavy atom. The summed E-state index contributed by atoms with van der Waals surface area (Å²) >= 11 is 6.04. The Hall–Kier alpha value is -3.18. The minimum Gasteiger partial charge on any atom is -0.353 e. The minimum atomic E-state index is -0.224. The highest BCUT2D eigenvalue weighted by Gasteiger charge is 2.06. The second-order valence-corrected chi connectivity index (χ2v) is 6.59. The smallest absolute Gasteiger partial charge is 0.244 e. The van der Waals surface area contributed by atoms with Crippen molar-refractivity contribution in [3.63, 3.8) is 0 Å². The molecule has 3 rings (SSSR count). The molecule has 0 aliphatic rings. The number of halogens is 1. The van der Waals surface area contributed by atoms with Crippen LogP contribution in [0.2, 0.25) is 5.02 Å². The summed E-state index contributed by atoms with van der Waals surface area (Å²) in [7, 11) is 0. The maximum absolute atomic E-state index is 12.2. The van der Waals surface area contributed by atoms with Crippen LogP contribution in [0.5, 0.6) is 0 Å². The zero-order chi connectivity index (χ0) is 19.8. The van der Waals surface area contributed by atoms with Crippen LogP contribution in [-0.2, 0) is 9.59 Å². The molecule has 0 fully saturated rings. The topological polar surface area (TPSA) is 71.1 Å². The van der Waals surface area contributed by atoms with Crippen molar-refractivity contribution in [3.8, 4) is 0 Å². The van der Waals surface area contributed by atoms with Crippen LogP contribution in [0, 0.1) is 0 Å². The summed E-state index contributed by atoms with van der Waals surface area (Å²) < 4.78 is 0. The number of pyridine rings is 1. The third kappa shape index (κ3) is 5.41. The Morgan fingerprint density at radius 3 is 2.71 bits per heavy atom. The average molecular weight is 394 g/mol. The molecule has 0 spiro atoms. The van der Waals surface area contributed by atoms with E-state index in [0.717, 1.165) is 16.5 Å². The van der Waals surface area contributed by atoms with Gasteiger partial charge in [-0.25, -0.2) is 0 Å². The van der Waals surface area contributed by atoms with E-state index in [9.17, 15) is 9.59 Å². The summed E-state index contributed by atoms with van der Waals surface area (Å²) in [5.41, 5.74) is 2.23. The molecule has 5 nitrogen and oxygen atoms in total. The lowest BCUT2D eigenvalue weighted by Crippen LogP contribution is -2.23. The first-order valence-electron chi connectivity index (χ1n) is 8.97. The van der Waals surface area contributed by atoms with Crippen LogP contribution in [0.1, 0.15) is 18.4 Å². The summed E-state index contributed by atoms with van der Waals surface area (Å²) in [5, 5.41) is 7.20. The molecule has 2 amide bonds. The number of fused-ring (bicyclic) bond motifs is 1. The van der Waals surface area contributed by atoms with Crippen LogP contribution in [0.3, 0.4) is 0 Å². The van der Waals surface area contributed by atoms with Gasteiger partial charge >= 0.3 is 0 Å².